The number of carbonyl (C=O) groups excluding carboxylic acids is 1. The van der Waals surface area contributed by atoms with Gasteiger partial charge in [0.15, 0.2) is 0 Å². The molecule has 2 aromatic carbocycles. The fourth-order valence-electron chi connectivity index (χ4n) is 2.38. The zero-order chi connectivity index (χ0) is 15.7. The average molecular weight is 305 g/mol. The van der Waals surface area contributed by atoms with Crippen LogP contribution in [0.3, 0.4) is 0 Å². The molecule has 6 heteroatoms. The van der Waals surface area contributed by atoms with E-state index in [0.29, 0.717) is 11.8 Å². The molecule has 112 valence electrons. The highest BCUT2D eigenvalue weighted by Crippen LogP contribution is 2.33. The number of rotatable bonds is 3. The van der Waals surface area contributed by atoms with Crippen LogP contribution in [0.5, 0.6) is 5.75 Å². The van der Waals surface area contributed by atoms with E-state index in [1.165, 1.54) is 12.1 Å². The second kappa shape index (κ2) is 5.22. The molecule has 0 aliphatic heterocycles. The van der Waals surface area contributed by atoms with Crippen LogP contribution in [0.1, 0.15) is 10.4 Å². The number of H-pyrrole nitrogens is 1. The number of alkyl halides is 3. The predicted octanol–water partition coefficient (Wildman–Crippen LogP) is 4.55. The highest BCUT2D eigenvalue weighted by Gasteiger charge is 2.31. The molecule has 3 nitrogen and oxygen atoms in total. The fourth-order valence-corrected chi connectivity index (χ4v) is 2.38. The van der Waals surface area contributed by atoms with Crippen molar-refractivity contribution in [1.82, 2.24) is 4.98 Å². The van der Waals surface area contributed by atoms with Crippen LogP contribution in [0.15, 0.2) is 48.7 Å². The molecule has 0 amide bonds. The number of ether oxygens (including phenoxy) is 1. The van der Waals surface area contributed by atoms with E-state index in [1.807, 2.05) is 12.1 Å². The van der Waals surface area contributed by atoms with Gasteiger partial charge in [-0.2, -0.15) is 0 Å². The van der Waals surface area contributed by atoms with Gasteiger partial charge in [-0.1, -0.05) is 12.1 Å². The number of benzene rings is 2. The maximum absolute atomic E-state index is 12.4. The molecule has 0 unspecified atom stereocenters. The van der Waals surface area contributed by atoms with Gasteiger partial charge in [0.2, 0.25) is 0 Å². The molecule has 3 aromatic rings. The van der Waals surface area contributed by atoms with Crippen LogP contribution in [-0.4, -0.2) is 17.6 Å². The molecule has 1 aromatic heterocycles. The number of aldehydes is 1. The molecular weight excluding hydrogens is 295 g/mol. The van der Waals surface area contributed by atoms with Gasteiger partial charge in [0.1, 0.15) is 12.0 Å². The Morgan fingerprint density at radius 1 is 1.09 bits per heavy atom. The molecule has 1 N–H and O–H groups in total. The van der Waals surface area contributed by atoms with Gasteiger partial charge in [0.05, 0.1) is 0 Å². The minimum absolute atomic E-state index is 0.115. The van der Waals surface area contributed by atoms with E-state index in [-0.39, 0.29) is 5.56 Å². The molecule has 0 radical (unpaired) electrons. The molecule has 3 rings (SSSR count). The number of fused-ring (bicyclic) bond motifs is 1. The Kier molecular flexibility index (Phi) is 3.36. The zero-order valence-electron chi connectivity index (χ0n) is 11.1. The molecule has 0 atom stereocenters. The third kappa shape index (κ3) is 2.81. The van der Waals surface area contributed by atoms with E-state index >= 15 is 0 Å². The SMILES string of the molecule is O=Cc1cc(OC(F)(F)F)cc(-c2cccc3[nH]ccc23)c1. The van der Waals surface area contributed by atoms with Gasteiger partial charge in [-0.3, -0.25) is 4.79 Å². The lowest BCUT2D eigenvalue weighted by atomic mass is 9.99. The summed E-state index contributed by atoms with van der Waals surface area (Å²) in [4.78, 5) is 14.0. The van der Waals surface area contributed by atoms with Gasteiger partial charge < -0.3 is 9.72 Å². The van der Waals surface area contributed by atoms with Crippen LogP contribution in [0.25, 0.3) is 22.0 Å². The first-order valence-electron chi connectivity index (χ1n) is 6.39. The van der Waals surface area contributed by atoms with Crippen molar-refractivity contribution in [3.63, 3.8) is 0 Å². The lowest BCUT2D eigenvalue weighted by Gasteiger charge is -2.12. The Hall–Kier alpha value is -2.76. The number of aromatic amines is 1. The minimum Gasteiger partial charge on any atom is -0.406 e. The molecule has 0 bridgehead atoms. The number of halogens is 3. The first kappa shape index (κ1) is 14.2. The van der Waals surface area contributed by atoms with Crippen molar-refractivity contribution >= 4 is 17.2 Å². The number of nitrogens with one attached hydrogen (secondary N) is 1. The van der Waals surface area contributed by atoms with E-state index in [2.05, 4.69) is 9.72 Å². The summed E-state index contributed by atoms with van der Waals surface area (Å²) >= 11 is 0. The van der Waals surface area contributed by atoms with Crippen LogP contribution >= 0.6 is 0 Å². The highest BCUT2D eigenvalue weighted by molar-refractivity contribution is 5.96. The van der Waals surface area contributed by atoms with E-state index in [9.17, 15) is 18.0 Å². The smallest absolute Gasteiger partial charge is 0.406 e. The summed E-state index contributed by atoms with van der Waals surface area (Å²) in [5, 5.41) is 0.850. The van der Waals surface area contributed by atoms with E-state index in [4.69, 9.17) is 0 Å². The Balaban J connectivity index is 2.16. The minimum atomic E-state index is -4.81. The topological polar surface area (TPSA) is 42.1 Å². The second-order valence-corrected chi connectivity index (χ2v) is 4.70. The highest BCUT2D eigenvalue weighted by atomic mass is 19.4. The Morgan fingerprint density at radius 3 is 2.64 bits per heavy atom. The van der Waals surface area contributed by atoms with Crippen LogP contribution in [-0.2, 0) is 0 Å². The average Bonchev–Trinajstić information content (AvgIpc) is 2.93. The van der Waals surface area contributed by atoms with E-state index in [0.717, 1.165) is 22.5 Å². The first-order chi connectivity index (χ1) is 10.5. The fraction of sp³-hybridized carbons (Fsp3) is 0.0625. The van der Waals surface area contributed by atoms with Crippen molar-refractivity contribution in [3.05, 3.63) is 54.2 Å². The van der Waals surface area contributed by atoms with Crippen molar-refractivity contribution in [1.29, 1.82) is 0 Å². The third-order valence-electron chi connectivity index (χ3n) is 3.20. The maximum Gasteiger partial charge on any atom is 0.573 e. The lowest BCUT2D eigenvalue weighted by Crippen LogP contribution is -2.17. The summed E-state index contributed by atoms with van der Waals surface area (Å²) in [6.45, 7) is 0. The number of aromatic nitrogens is 1. The number of hydrogen-bond acceptors (Lipinski definition) is 2. The second-order valence-electron chi connectivity index (χ2n) is 4.70. The van der Waals surface area contributed by atoms with Crippen LogP contribution < -0.4 is 4.74 Å². The molecule has 0 saturated heterocycles. The largest absolute Gasteiger partial charge is 0.573 e. The maximum atomic E-state index is 12.4. The quantitative estimate of drug-likeness (QED) is 0.721. The van der Waals surface area contributed by atoms with Crippen LogP contribution in [0, 0.1) is 0 Å². The Morgan fingerprint density at radius 2 is 1.91 bits per heavy atom. The monoisotopic (exact) mass is 305 g/mol. The molecule has 0 aliphatic carbocycles. The van der Waals surface area contributed by atoms with E-state index in [1.54, 1.807) is 18.3 Å². The summed E-state index contributed by atoms with van der Waals surface area (Å²) in [6, 6.07) is 11.1. The summed E-state index contributed by atoms with van der Waals surface area (Å²) in [6.07, 6.45) is -2.58. The summed E-state index contributed by atoms with van der Waals surface area (Å²) in [7, 11) is 0. The molecule has 0 spiro atoms. The first-order valence-corrected chi connectivity index (χ1v) is 6.39. The van der Waals surface area contributed by atoms with Gasteiger partial charge in [0.25, 0.3) is 0 Å². The molecule has 0 saturated carbocycles. The summed E-state index contributed by atoms with van der Waals surface area (Å²) < 4.78 is 41.1. The molecule has 0 fully saturated rings. The number of carbonyl (C=O) groups is 1. The molecular formula is C16H10F3NO2. The van der Waals surface area contributed by atoms with Crippen molar-refractivity contribution in [2.75, 3.05) is 0 Å². The lowest BCUT2D eigenvalue weighted by molar-refractivity contribution is -0.274. The van der Waals surface area contributed by atoms with Crippen molar-refractivity contribution in [2.24, 2.45) is 0 Å². The van der Waals surface area contributed by atoms with Crippen molar-refractivity contribution in [2.45, 2.75) is 6.36 Å². The molecule has 22 heavy (non-hydrogen) atoms. The number of hydrogen-bond donors (Lipinski definition) is 1. The molecule has 1 heterocycles. The third-order valence-corrected chi connectivity index (χ3v) is 3.20. The summed E-state index contributed by atoms with van der Waals surface area (Å²) in [5.74, 6) is -0.417. The Labute approximate surface area is 123 Å². The van der Waals surface area contributed by atoms with Gasteiger partial charge in [-0.25, -0.2) is 0 Å². The van der Waals surface area contributed by atoms with Crippen LogP contribution in [0.2, 0.25) is 0 Å². The van der Waals surface area contributed by atoms with Gasteiger partial charge in [-0.15, -0.1) is 13.2 Å². The summed E-state index contributed by atoms with van der Waals surface area (Å²) in [5.41, 5.74) is 2.17. The van der Waals surface area contributed by atoms with Crippen LogP contribution in [0.4, 0.5) is 13.2 Å². The van der Waals surface area contributed by atoms with Gasteiger partial charge in [-0.05, 0) is 41.5 Å². The standard InChI is InChI=1S/C16H10F3NO2/c17-16(18,19)22-12-7-10(9-21)6-11(8-12)13-2-1-3-15-14(13)4-5-20-15/h1-9,20H. The predicted molar refractivity (Wildman–Crippen MR) is 75.8 cm³/mol. The van der Waals surface area contributed by atoms with E-state index < -0.39 is 12.1 Å². The normalized spacial score (nSPS) is 11.6. The van der Waals surface area contributed by atoms with Crippen molar-refractivity contribution < 1.29 is 22.7 Å². The van der Waals surface area contributed by atoms with Crippen molar-refractivity contribution in [3.8, 4) is 16.9 Å². The Bertz CT molecular complexity index is 837. The van der Waals surface area contributed by atoms with Gasteiger partial charge in [0, 0.05) is 22.7 Å². The molecule has 0 aliphatic rings. The zero-order valence-corrected chi connectivity index (χ0v) is 11.1. The van der Waals surface area contributed by atoms with Gasteiger partial charge >= 0.3 is 6.36 Å².